The van der Waals surface area contributed by atoms with Crippen LogP contribution in [0.1, 0.15) is 9.75 Å². The van der Waals surface area contributed by atoms with Gasteiger partial charge in [0.25, 0.3) is 0 Å². The lowest BCUT2D eigenvalue weighted by atomic mass is 10.3. The second kappa shape index (κ2) is 6.04. The summed E-state index contributed by atoms with van der Waals surface area (Å²) in [6.07, 6.45) is 0.0348. The SMILES string of the molecule is O=C(O)Cc1ccc(CNc2ccc(F)c(Cl)c2)s1. The number of carboxylic acid groups (broad SMARTS) is 1. The van der Waals surface area contributed by atoms with Gasteiger partial charge in [-0.1, -0.05) is 11.6 Å². The molecule has 6 heteroatoms. The highest BCUT2D eigenvalue weighted by Gasteiger charge is 2.05. The molecule has 2 aromatic rings. The summed E-state index contributed by atoms with van der Waals surface area (Å²) in [7, 11) is 0. The third-order valence-electron chi connectivity index (χ3n) is 2.43. The van der Waals surface area contributed by atoms with Crippen molar-refractivity contribution in [3.8, 4) is 0 Å². The molecule has 0 saturated heterocycles. The molecule has 0 spiro atoms. The molecular formula is C13H11ClFNO2S. The highest BCUT2D eigenvalue weighted by atomic mass is 35.5. The van der Waals surface area contributed by atoms with Gasteiger partial charge >= 0.3 is 5.97 Å². The Hall–Kier alpha value is -1.59. The number of hydrogen-bond donors (Lipinski definition) is 2. The van der Waals surface area contributed by atoms with Crippen molar-refractivity contribution in [2.24, 2.45) is 0 Å². The second-order valence-electron chi connectivity index (χ2n) is 3.92. The topological polar surface area (TPSA) is 49.3 Å². The first-order valence-electron chi connectivity index (χ1n) is 5.53. The first-order chi connectivity index (χ1) is 9.04. The molecule has 1 aromatic carbocycles. The lowest BCUT2D eigenvalue weighted by Crippen LogP contribution is -1.98. The summed E-state index contributed by atoms with van der Waals surface area (Å²) >= 11 is 7.12. The molecule has 0 amide bonds. The minimum atomic E-state index is -0.841. The van der Waals surface area contributed by atoms with E-state index in [0.29, 0.717) is 6.54 Å². The van der Waals surface area contributed by atoms with Crippen molar-refractivity contribution in [3.05, 3.63) is 50.9 Å². The lowest BCUT2D eigenvalue weighted by molar-refractivity contribution is -0.136. The van der Waals surface area contributed by atoms with Crippen LogP contribution < -0.4 is 5.32 Å². The number of benzene rings is 1. The van der Waals surface area contributed by atoms with Gasteiger partial charge in [0.1, 0.15) is 5.82 Å². The normalized spacial score (nSPS) is 10.4. The van der Waals surface area contributed by atoms with E-state index >= 15 is 0 Å². The third kappa shape index (κ3) is 3.94. The van der Waals surface area contributed by atoms with Crippen LogP contribution in [-0.2, 0) is 17.8 Å². The third-order valence-corrected chi connectivity index (χ3v) is 3.80. The van der Waals surface area contributed by atoms with Crippen LogP contribution in [0.4, 0.5) is 10.1 Å². The van der Waals surface area contributed by atoms with E-state index in [9.17, 15) is 9.18 Å². The van der Waals surface area contributed by atoms with Gasteiger partial charge in [-0.15, -0.1) is 11.3 Å². The molecule has 0 aliphatic rings. The molecule has 0 radical (unpaired) electrons. The number of carbonyl (C=O) groups is 1. The average Bonchev–Trinajstić information content (AvgIpc) is 2.77. The van der Waals surface area contributed by atoms with Crippen LogP contribution in [0.5, 0.6) is 0 Å². The Morgan fingerprint density at radius 3 is 2.74 bits per heavy atom. The molecule has 1 heterocycles. The minimum Gasteiger partial charge on any atom is -0.481 e. The molecule has 100 valence electrons. The van der Waals surface area contributed by atoms with Gasteiger partial charge in [0.15, 0.2) is 0 Å². The number of halogens is 2. The van der Waals surface area contributed by atoms with E-state index in [4.69, 9.17) is 16.7 Å². The first-order valence-corrected chi connectivity index (χ1v) is 6.72. The molecule has 0 unspecified atom stereocenters. The number of aliphatic carboxylic acids is 1. The molecule has 0 aliphatic carbocycles. The predicted octanol–water partition coefficient (Wildman–Crippen LogP) is 3.78. The maximum absolute atomic E-state index is 13.0. The second-order valence-corrected chi connectivity index (χ2v) is 5.58. The summed E-state index contributed by atoms with van der Waals surface area (Å²) in [6.45, 7) is 0.548. The quantitative estimate of drug-likeness (QED) is 0.883. The van der Waals surface area contributed by atoms with Crippen LogP contribution in [0.3, 0.4) is 0 Å². The summed E-state index contributed by atoms with van der Waals surface area (Å²) < 4.78 is 13.0. The number of carboxylic acids is 1. The number of nitrogens with one attached hydrogen (secondary N) is 1. The van der Waals surface area contributed by atoms with Crippen LogP contribution in [-0.4, -0.2) is 11.1 Å². The Balaban J connectivity index is 1.96. The Morgan fingerprint density at radius 2 is 2.05 bits per heavy atom. The number of rotatable bonds is 5. The highest BCUT2D eigenvalue weighted by Crippen LogP contribution is 2.22. The van der Waals surface area contributed by atoms with E-state index < -0.39 is 11.8 Å². The highest BCUT2D eigenvalue weighted by molar-refractivity contribution is 7.12. The van der Waals surface area contributed by atoms with Crippen LogP contribution >= 0.6 is 22.9 Å². The van der Waals surface area contributed by atoms with Gasteiger partial charge in [0, 0.05) is 22.0 Å². The first kappa shape index (κ1) is 13.8. The average molecular weight is 300 g/mol. The molecule has 0 bridgehead atoms. The predicted molar refractivity (Wildman–Crippen MR) is 74.4 cm³/mol. The van der Waals surface area contributed by atoms with E-state index in [1.54, 1.807) is 12.1 Å². The van der Waals surface area contributed by atoms with Crippen LogP contribution in [0.25, 0.3) is 0 Å². The molecular weight excluding hydrogens is 289 g/mol. The van der Waals surface area contributed by atoms with Gasteiger partial charge < -0.3 is 10.4 Å². The largest absolute Gasteiger partial charge is 0.481 e. The van der Waals surface area contributed by atoms with Gasteiger partial charge in [0.05, 0.1) is 11.4 Å². The Kier molecular flexibility index (Phi) is 4.39. The summed E-state index contributed by atoms with van der Waals surface area (Å²) in [4.78, 5) is 12.4. The van der Waals surface area contributed by atoms with Crippen molar-refractivity contribution in [1.29, 1.82) is 0 Å². The zero-order chi connectivity index (χ0) is 13.8. The van der Waals surface area contributed by atoms with Crippen molar-refractivity contribution in [2.45, 2.75) is 13.0 Å². The van der Waals surface area contributed by atoms with E-state index in [2.05, 4.69) is 5.32 Å². The number of anilines is 1. The lowest BCUT2D eigenvalue weighted by Gasteiger charge is -2.05. The van der Waals surface area contributed by atoms with Crippen molar-refractivity contribution in [3.63, 3.8) is 0 Å². The van der Waals surface area contributed by atoms with Gasteiger partial charge in [-0.25, -0.2) is 4.39 Å². The fourth-order valence-electron chi connectivity index (χ4n) is 1.56. The molecule has 19 heavy (non-hydrogen) atoms. The Morgan fingerprint density at radius 1 is 1.32 bits per heavy atom. The maximum atomic E-state index is 13.0. The Bertz CT molecular complexity index is 600. The van der Waals surface area contributed by atoms with Crippen molar-refractivity contribution < 1.29 is 14.3 Å². The number of thiophene rings is 1. The molecule has 3 nitrogen and oxygen atoms in total. The summed E-state index contributed by atoms with van der Waals surface area (Å²) in [5.41, 5.74) is 0.722. The van der Waals surface area contributed by atoms with Gasteiger partial charge in [-0.2, -0.15) is 0 Å². The van der Waals surface area contributed by atoms with Crippen molar-refractivity contribution >= 4 is 34.6 Å². The fourth-order valence-corrected chi connectivity index (χ4v) is 2.69. The molecule has 2 rings (SSSR count). The van der Waals surface area contributed by atoms with Crippen LogP contribution in [0.2, 0.25) is 5.02 Å². The summed E-state index contributed by atoms with van der Waals surface area (Å²) in [6, 6.07) is 8.10. The van der Waals surface area contributed by atoms with Crippen LogP contribution in [0.15, 0.2) is 30.3 Å². The molecule has 0 aliphatic heterocycles. The monoisotopic (exact) mass is 299 g/mol. The van der Waals surface area contributed by atoms with E-state index in [1.165, 1.54) is 23.5 Å². The minimum absolute atomic E-state index is 0.0348. The zero-order valence-corrected chi connectivity index (χ0v) is 11.4. The molecule has 0 atom stereocenters. The van der Waals surface area contributed by atoms with Crippen molar-refractivity contribution in [1.82, 2.24) is 0 Å². The maximum Gasteiger partial charge on any atom is 0.308 e. The molecule has 1 aromatic heterocycles. The number of hydrogen-bond acceptors (Lipinski definition) is 3. The fraction of sp³-hybridized carbons (Fsp3) is 0.154. The van der Waals surface area contributed by atoms with E-state index in [-0.39, 0.29) is 11.4 Å². The van der Waals surface area contributed by atoms with Crippen LogP contribution in [0, 0.1) is 5.82 Å². The molecule has 2 N–H and O–H groups in total. The summed E-state index contributed by atoms with van der Waals surface area (Å²) in [5.74, 6) is -1.29. The Labute approximate surface area is 118 Å². The van der Waals surface area contributed by atoms with E-state index in [1.807, 2.05) is 6.07 Å². The van der Waals surface area contributed by atoms with Gasteiger partial charge in [0.2, 0.25) is 0 Å². The zero-order valence-electron chi connectivity index (χ0n) is 9.82. The van der Waals surface area contributed by atoms with Crippen molar-refractivity contribution in [2.75, 3.05) is 5.32 Å². The standard InChI is InChI=1S/C13H11ClFNO2S/c14-11-5-8(1-4-12(11)15)16-7-10-3-2-9(19-10)6-13(17)18/h1-5,16H,6-7H2,(H,17,18). The van der Waals surface area contributed by atoms with E-state index in [0.717, 1.165) is 15.4 Å². The van der Waals surface area contributed by atoms with Gasteiger partial charge in [-0.3, -0.25) is 4.79 Å². The molecule has 0 fully saturated rings. The summed E-state index contributed by atoms with van der Waals surface area (Å²) in [5, 5.41) is 11.9. The smallest absolute Gasteiger partial charge is 0.308 e. The van der Waals surface area contributed by atoms with Gasteiger partial charge in [-0.05, 0) is 30.3 Å². The molecule has 0 saturated carbocycles.